The molecular weight excluding hydrogens is 686 g/mol. The second-order valence-electron chi connectivity index (χ2n) is 12.9. The molecule has 1 saturated carbocycles. The van der Waals surface area contributed by atoms with Gasteiger partial charge < -0.3 is 10.2 Å². The smallest absolute Gasteiger partial charge is 0.264 e. The Hall–Kier alpha value is -3.95. The molecule has 48 heavy (non-hydrogen) atoms. The molecule has 1 fully saturated rings. The predicted molar refractivity (Wildman–Crippen MR) is 195 cm³/mol. The van der Waals surface area contributed by atoms with Gasteiger partial charge in [0.15, 0.2) is 0 Å². The Balaban J connectivity index is 1.58. The van der Waals surface area contributed by atoms with Crippen LogP contribution in [0.15, 0.2) is 106 Å². The second-order valence-corrected chi connectivity index (χ2v) is 15.6. The average Bonchev–Trinajstić information content (AvgIpc) is 3.05. The molecule has 5 rings (SSSR count). The summed E-state index contributed by atoms with van der Waals surface area (Å²) in [7, 11) is -4.16. The number of hydrogen-bond donors (Lipinski definition) is 1. The van der Waals surface area contributed by atoms with Crippen LogP contribution in [0.4, 0.5) is 5.69 Å². The van der Waals surface area contributed by atoms with E-state index in [1.807, 2.05) is 81.4 Å². The number of sulfonamides is 1. The monoisotopic (exact) mass is 729 g/mol. The van der Waals surface area contributed by atoms with Gasteiger partial charge in [0.1, 0.15) is 12.6 Å². The molecule has 0 aromatic heterocycles. The van der Waals surface area contributed by atoms with E-state index in [9.17, 15) is 18.0 Å². The van der Waals surface area contributed by atoms with E-state index in [2.05, 4.69) is 21.2 Å². The molecule has 0 saturated heterocycles. The molecule has 1 N–H and O–H groups in total. The van der Waals surface area contributed by atoms with Gasteiger partial charge >= 0.3 is 0 Å². The minimum Gasteiger partial charge on any atom is -0.352 e. The summed E-state index contributed by atoms with van der Waals surface area (Å²) in [6.45, 7) is 5.35. The van der Waals surface area contributed by atoms with E-state index in [-0.39, 0.29) is 29.8 Å². The van der Waals surface area contributed by atoms with Gasteiger partial charge in [0, 0.05) is 23.5 Å². The molecular formula is C39H44BrN3O4S. The van der Waals surface area contributed by atoms with Crippen molar-refractivity contribution < 1.29 is 18.0 Å². The number of nitrogens with one attached hydrogen (secondary N) is 1. The van der Waals surface area contributed by atoms with Crippen LogP contribution in [-0.2, 0) is 32.6 Å². The van der Waals surface area contributed by atoms with Crippen molar-refractivity contribution in [3.8, 4) is 0 Å². The van der Waals surface area contributed by atoms with Gasteiger partial charge in [0.2, 0.25) is 11.8 Å². The van der Waals surface area contributed by atoms with Crippen molar-refractivity contribution in [3.05, 3.63) is 129 Å². The van der Waals surface area contributed by atoms with Crippen LogP contribution in [0.5, 0.6) is 0 Å². The summed E-state index contributed by atoms with van der Waals surface area (Å²) in [5, 5.41) is 3.26. The van der Waals surface area contributed by atoms with E-state index >= 15 is 0 Å². The fourth-order valence-corrected chi connectivity index (χ4v) is 8.24. The lowest BCUT2D eigenvalue weighted by Gasteiger charge is -2.35. The van der Waals surface area contributed by atoms with Gasteiger partial charge in [-0.15, -0.1) is 0 Å². The van der Waals surface area contributed by atoms with Gasteiger partial charge in [-0.05, 0) is 92.3 Å². The van der Waals surface area contributed by atoms with E-state index in [0.29, 0.717) is 5.69 Å². The number of amides is 2. The highest BCUT2D eigenvalue weighted by Gasteiger charge is 2.35. The van der Waals surface area contributed by atoms with Crippen molar-refractivity contribution in [3.63, 3.8) is 0 Å². The molecule has 0 spiro atoms. The molecule has 4 aromatic carbocycles. The highest BCUT2D eigenvalue weighted by molar-refractivity contribution is 9.10. The minimum absolute atomic E-state index is 0.0426. The first-order valence-electron chi connectivity index (χ1n) is 16.6. The van der Waals surface area contributed by atoms with E-state index in [1.54, 1.807) is 41.3 Å². The number of benzene rings is 4. The number of anilines is 1. The Bertz CT molecular complexity index is 1800. The molecule has 1 aliphatic carbocycles. The minimum atomic E-state index is -4.16. The zero-order chi connectivity index (χ0) is 34.3. The van der Waals surface area contributed by atoms with Crippen LogP contribution >= 0.6 is 15.9 Å². The third-order valence-electron chi connectivity index (χ3n) is 8.85. The van der Waals surface area contributed by atoms with E-state index in [0.717, 1.165) is 64.4 Å². The fourth-order valence-electron chi connectivity index (χ4n) is 6.39. The third kappa shape index (κ3) is 9.14. The van der Waals surface area contributed by atoms with E-state index in [4.69, 9.17) is 0 Å². The number of carbonyl (C=O) groups excluding carboxylic acids is 2. The van der Waals surface area contributed by atoms with E-state index in [1.165, 1.54) is 4.31 Å². The third-order valence-corrected chi connectivity index (χ3v) is 11.1. The molecule has 4 aromatic rings. The number of aryl methyl sites for hydroxylation is 3. The predicted octanol–water partition coefficient (Wildman–Crippen LogP) is 7.66. The molecule has 2 amide bonds. The van der Waals surface area contributed by atoms with Crippen molar-refractivity contribution in [2.24, 2.45) is 0 Å². The van der Waals surface area contributed by atoms with Gasteiger partial charge in [0.25, 0.3) is 10.0 Å². The lowest BCUT2D eigenvalue weighted by Crippen LogP contribution is -2.55. The molecule has 252 valence electrons. The van der Waals surface area contributed by atoms with Gasteiger partial charge in [-0.1, -0.05) is 101 Å². The average molecular weight is 731 g/mol. The van der Waals surface area contributed by atoms with Crippen LogP contribution in [0.2, 0.25) is 0 Å². The first-order valence-corrected chi connectivity index (χ1v) is 18.8. The Labute approximate surface area is 293 Å². The molecule has 1 aliphatic rings. The van der Waals surface area contributed by atoms with Crippen LogP contribution in [0.3, 0.4) is 0 Å². The lowest BCUT2D eigenvalue weighted by molar-refractivity contribution is -0.140. The van der Waals surface area contributed by atoms with Crippen LogP contribution < -0.4 is 9.62 Å². The molecule has 0 bridgehead atoms. The number of halogens is 1. The second kappa shape index (κ2) is 16.0. The van der Waals surface area contributed by atoms with Crippen LogP contribution in [-0.4, -0.2) is 43.8 Å². The van der Waals surface area contributed by atoms with Crippen LogP contribution in [0.25, 0.3) is 0 Å². The number of hydrogen-bond acceptors (Lipinski definition) is 4. The van der Waals surface area contributed by atoms with Crippen molar-refractivity contribution in [2.45, 2.75) is 82.8 Å². The summed E-state index contributed by atoms with van der Waals surface area (Å²) in [4.78, 5) is 30.7. The zero-order valence-corrected chi connectivity index (χ0v) is 30.3. The summed E-state index contributed by atoms with van der Waals surface area (Å²) in [5.41, 5.74) is 4.81. The highest BCUT2D eigenvalue weighted by atomic mass is 79.9. The number of nitrogens with zero attached hydrogens (tertiary/aromatic N) is 2. The molecule has 0 heterocycles. The lowest BCUT2D eigenvalue weighted by atomic mass is 9.94. The maximum atomic E-state index is 14.8. The molecule has 0 aliphatic heterocycles. The van der Waals surface area contributed by atoms with Gasteiger partial charge in [-0.2, -0.15) is 0 Å². The topological polar surface area (TPSA) is 86.8 Å². The van der Waals surface area contributed by atoms with Crippen LogP contribution in [0.1, 0.15) is 59.9 Å². The molecule has 9 heteroatoms. The van der Waals surface area contributed by atoms with Crippen molar-refractivity contribution in [1.29, 1.82) is 0 Å². The van der Waals surface area contributed by atoms with Gasteiger partial charge in [0.05, 0.1) is 10.6 Å². The molecule has 0 unspecified atom stereocenters. The molecule has 1 atom stereocenters. The molecule has 7 nitrogen and oxygen atoms in total. The molecule has 0 radical (unpaired) electrons. The first-order chi connectivity index (χ1) is 23.0. The fraction of sp³-hybridized carbons (Fsp3) is 0.333. The van der Waals surface area contributed by atoms with Crippen LogP contribution in [0, 0.1) is 20.8 Å². The standard InChI is InChI=1S/C39H44BrN3O4S/c1-28-17-19-36(20-18-28)48(46,47)43(35-22-29(2)21-30(3)23-35)27-38(44)42(26-32-13-10-14-33(40)24-32)37(25-31-11-6-4-7-12-31)39(45)41-34-15-8-5-9-16-34/h4,6-7,10-14,17-24,34,37H,5,8-9,15-16,25-27H2,1-3H3,(H,41,45)/t37-/m0/s1. The van der Waals surface area contributed by atoms with Crippen molar-refractivity contribution in [1.82, 2.24) is 10.2 Å². The quantitative estimate of drug-likeness (QED) is 0.162. The summed E-state index contributed by atoms with van der Waals surface area (Å²) in [5.74, 6) is -0.696. The maximum Gasteiger partial charge on any atom is 0.264 e. The first kappa shape index (κ1) is 35.4. The Morgan fingerprint density at radius 3 is 2.08 bits per heavy atom. The highest BCUT2D eigenvalue weighted by Crippen LogP contribution is 2.28. The maximum absolute atomic E-state index is 14.8. The van der Waals surface area contributed by atoms with Gasteiger partial charge in [-0.3, -0.25) is 13.9 Å². The van der Waals surface area contributed by atoms with Crippen molar-refractivity contribution in [2.75, 3.05) is 10.8 Å². The summed E-state index contributed by atoms with van der Waals surface area (Å²) in [6, 6.07) is 28.6. The van der Waals surface area contributed by atoms with E-state index < -0.39 is 28.5 Å². The summed E-state index contributed by atoms with van der Waals surface area (Å²) < 4.78 is 30.7. The SMILES string of the molecule is Cc1ccc(S(=O)(=O)N(CC(=O)N(Cc2cccc(Br)c2)[C@@H](Cc2ccccc2)C(=O)NC2CCCCC2)c2cc(C)cc(C)c2)cc1. The Morgan fingerprint density at radius 2 is 1.44 bits per heavy atom. The Kier molecular flexibility index (Phi) is 11.8. The largest absolute Gasteiger partial charge is 0.352 e. The normalized spacial score (nSPS) is 14.2. The summed E-state index contributed by atoms with van der Waals surface area (Å²) >= 11 is 3.55. The number of rotatable bonds is 12. The zero-order valence-electron chi connectivity index (χ0n) is 27.9. The van der Waals surface area contributed by atoms with Crippen molar-refractivity contribution >= 4 is 43.5 Å². The summed E-state index contributed by atoms with van der Waals surface area (Å²) in [6.07, 6.45) is 5.34. The number of carbonyl (C=O) groups is 2. The Morgan fingerprint density at radius 1 is 0.792 bits per heavy atom. The van der Waals surface area contributed by atoms with Gasteiger partial charge in [-0.25, -0.2) is 8.42 Å².